The first-order valence-corrected chi connectivity index (χ1v) is 5.24. The molecule has 76 valence electrons. The van der Waals surface area contributed by atoms with Crippen LogP contribution in [-0.2, 0) is 0 Å². The van der Waals surface area contributed by atoms with Crippen LogP contribution >= 0.6 is 0 Å². The number of aromatic nitrogens is 1. The molecule has 0 bridgehead atoms. The first kappa shape index (κ1) is 9.46. The first-order valence-electron chi connectivity index (χ1n) is 5.24. The molecule has 0 spiro atoms. The lowest BCUT2D eigenvalue weighted by Crippen LogP contribution is -2.43. The maximum absolute atomic E-state index is 4.08. The van der Waals surface area contributed by atoms with Gasteiger partial charge in [-0.2, -0.15) is 0 Å². The maximum atomic E-state index is 4.08. The average molecular weight is 191 g/mol. The van der Waals surface area contributed by atoms with Crippen molar-refractivity contribution in [3.05, 3.63) is 24.5 Å². The summed E-state index contributed by atoms with van der Waals surface area (Å²) in [5.74, 6) is 0. The van der Waals surface area contributed by atoms with E-state index >= 15 is 0 Å². The predicted octanol–water partition coefficient (Wildman–Crippen LogP) is 1.63. The van der Waals surface area contributed by atoms with Gasteiger partial charge in [0.25, 0.3) is 0 Å². The van der Waals surface area contributed by atoms with Crippen molar-refractivity contribution >= 4 is 5.69 Å². The number of hydrogen-bond acceptors (Lipinski definition) is 3. The number of hydrogen-bond donors (Lipinski definition) is 2. The van der Waals surface area contributed by atoms with E-state index in [2.05, 4.69) is 28.6 Å². The SMILES string of the molecule is CC1CCC(Nc2cccnc2)CN1. The van der Waals surface area contributed by atoms with Crippen molar-refractivity contribution in [2.45, 2.75) is 31.8 Å². The zero-order valence-electron chi connectivity index (χ0n) is 8.53. The third kappa shape index (κ3) is 2.45. The largest absolute Gasteiger partial charge is 0.380 e. The molecular formula is C11H17N3. The van der Waals surface area contributed by atoms with Crippen LogP contribution in [0.4, 0.5) is 5.69 Å². The molecule has 0 aromatic carbocycles. The van der Waals surface area contributed by atoms with Crippen molar-refractivity contribution in [3.63, 3.8) is 0 Å². The van der Waals surface area contributed by atoms with Crippen LogP contribution in [0.5, 0.6) is 0 Å². The molecule has 2 N–H and O–H groups in total. The van der Waals surface area contributed by atoms with Crippen LogP contribution in [0, 0.1) is 0 Å². The molecule has 2 heterocycles. The number of piperidine rings is 1. The lowest BCUT2D eigenvalue weighted by molar-refractivity contribution is 0.398. The molecule has 1 aliphatic heterocycles. The number of nitrogens with zero attached hydrogens (tertiary/aromatic N) is 1. The normalized spacial score (nSPS) is 27.2. The van der Waals surface area contributed by atoms with Gasteiger partial charge in [0.15, 0.2) is 0 Å². The van der Waals surface area contributed by atoms with Crippen LogP contribution in [0.2, 0.25) is 0 Å². The monoisotopic (exact) mass is 191 g/mol. The van der Waals surface area contributed by atoms with E-state index in [0.717, 1.165) is 12.2 Å². The van der Waals surface area contributed by atoms with Crippen molar-refractivity contribution < 1.29 is 0 Å². The van der Waals surface area contributed by atoms with Crippen molar-refractivity contribution in [1.29, 1.82) is 0 Å². The van der Waals surface area contributed by atoms with Gasteiger partial charge in [-0.3, -0.25) is 4.98 Å². The van der Waals surface area contributed by atoms with Crippen LogP contribution in [-0.4, -0.2) is 23.6 Å². The van der Waals surface area contributed by atoms with Gasteiger partial charge in [-0.1, -0.05) is 0 Å². The lowest BCUT2D eigenvalue weighted by Gasteiger charge is -2.28. The first-order chi connectivity index (χ1) is 6.84. The van der Waals surface area contributed by atoms with Crippen molar-refractivity contribution in [3.8, 4) is 0 Å². The Balaban J connectivity index is 1.87. The second kappa shape index (κ2) is 4.42. The third-order valence-corrected chi connectivity index (χ3v) is 2.69. The molecule has 1 fully saturated rings. The maximum Gasteiger partial charge on any atom is 0.0529 e. The van der Waals surface area contributed by atoms with E-state index in [1.54, 1.807) is 6.20 Å². The Morgan fingerprint density at radius 2 is 2.43 bits per heavy atom. The molecule has 0 saturated carbocycles. The molecule has 1 aromatic rings. The minimum atomic E-state index is 0.551. The molecule has 3 heteroatoms. The van der Waals surface area contributed by atoms with Gasteiger partial charge < -0.3 is 10.6 Å². The van der Waals surface area contributed by atoms with E-state index in [9.17, 15) is 0 Å². The van der Waals surface area contributed by atoms with Gasteiger partial charge in [0.2, 0.25) is 0 Å². The highest BCUT2D eigenvalue weighted by Gasteiger charge is 2.16. The standard InChI is InChI=1S/C11H17N3/c1-9-4-5-11(8-13-9)14-10-3-2-6-12-7-10/h2-3,6-7,9,11,13-14H,4-5,8H2,1H3. The van der Waals surface area contributed by atoms with Gasteiger partial charge in [-0.05, 0) is 31.9 Å². The third-order valence-electron chi connectivity index (χ3n) is 2.69. The van der Waals surface area contributed by atoms with Crippen LogP contribution in [0.15, 0.2) is 24.5 Å². The van der Waals surface area contributed by atoms with E-state index in [1.807, 2.05) is 12.3 Å². The molecule has 0 aliphatic carbocycles. The highest BCUT2D eigenvalue weighted by Crippen LogP contribution is 2.13. The summed E-state index contributed by atoms with van der Waals surface area (Å²) in [6, 6.07) is 5.24. The number of anilines is 1. The van der Waals surface area contributed by atoms with E-state index in [1.165, 1.54) is 12.8 Å². The Kier molecular flexibility index (Phi) is 2.99. The zero-order chi connectivity index (χ0) is 9.80. The Morgan fingerprint density at radius 1 is 1.50 bits per heavy atom. The highest BCUT2D eigenvalue weighted by molar-refractivity contribution is 5.40. The van der Waals surface area contributed by atoms with E-state index < -0.39 is 0 Å². The number of rotatable bonds is 2. The molecule has 14 heavy (non-hydrogen) atoms. The summed E-state index contributed by atoms with van der Waals surface area (Å²) in [6.45, 7) is 3.29. The second-order valence-corrected chi connectivity index (χ2v) is 3.97. The van der Waals surface area contributed by atoms with Crippen LogP contribution < -0.4 is 10.6 Å². The fraction of sp³-hybridized carbons (Fsp3) is 0.545. The van der Waals surface area contributed by atoms with Gasteiger partial charge in [0.05, 0.1) is 5.69 Å². The quantitative estimate of drug-likeness (QED) is 0.746. The van der Waals surface area contributed by atoms with Gasteiger partial charge in [0, 0.05) is 31.0 Å². The molecule has 1 aromatic heterocycles. The van der Waals surface area contributed by atoms with E-state index in [-0.39, 0.29) is 0 Å². The lowest BCUT2D eigenvalue weighted by atomic mass is 10.0. The molecule has 3 nitrogen and oxygen atoms in total. The summed E-state index contributed by atoms with van der Waals surface area (Å²) in [7, 11) is 0. The summed E-state index contributed by atoms with van der Waals surface area (Å²) in [6.07, 6.45) is 6.16. The summed E-state index contributed by atoms with van der Waals surface area (Å²) in [5, 5.41) is 6.95. The predicted molar refractivity (Wildman–Crippen MR) is 58.3 cm³/mol. The molecule has 0 radical (unpaired) electrons. The van der Waals surface area contributed by atoms with Gasteiger partial charge in [-0.15, -0.1) is 0 Å². The van der Waals surface area contributed by atoms with Crippen LogP contribution in [0.25, 0.3) is 0 Å². The smallest absolute Gasteiger partial charge is 0.0529 e. The van der Waals surface area contributed by atoms with E-state index in [4.69, 9.17) is 0 Å². The molecular weight excluding hydrogens is 174 g/mol. The molecule has 1 saturated heterocycles. The summed E-state index contributed by atoms with van der Waals surface area (Å²) >= 11 is 0. The molecule has 0 amide bonds. The van der Waals surface area contributed by atoms with Crippen molar-refractivity contribution in [2.24, 2.45) is 0 Å². The second-order valence-electron chi connectivity index (χ2n) is 3.97. The summed E-state index contributed by atoms with van der Waals surface area (Å²) in [4.78, 5) is 4.08. The molecule has 2 rings (SSSR count). The highest BCUT2D eigenvalue weighted by atomic mass is 15.0. The fourth-order valence-electron chi connectivity index (χ4n) is 1.81. The Morgan fingerprint density at radius 3 is 3.07 bits per heavy atom. The Bertz CT molecular complexity index is 265. The van der Waals surface area contributed by atoms with Crippen LogP contribution in [0.1, 0.15) is 19.8 Å². The van der Waals surface area contributed by atoms with Crippen molar-refractivity contribution in [1.82, 2.24) is 10.3 Å². The van der Waals surface area contributed by atoms with Gasteiger partial charge in [-0.25, -0.2) is 0 Å². The van der Waals surface area contributed by atoms with E-state index in [0.29, 0.717) is 12.1 Å². The van der Waals surface area contributed by atoms with Crippen molar-refractivity contribution in [2.75, 3.05) is 11.9 Å². The fourth-order valence-corrected chi connectivity index (χ4v) is 1.81. The van der Waals surface area contributed by atoms with Crippen LogP contribution in [0.3, 0.4) is 0 Å². The summed E-state index contributed by atoms with van der Waals surface area (Å²) < 4.78 is 0. The molecule has 2 unspecified atom stereocenters. The van der Waals surface area contributed by atoms with Gasteiger partial charge in [0.1, 0.15) is 0 Å². The Labute approximate surface area is 84.9 Å². The Hall–Kier alpha value is -1.09. The minimum absolute atomic E-state index is 0.551. The summed E-state index contributed by atoms with van der Waals surface area (Å²) in [5.41, 5.74) is 1.12. The molecule has 1 aliphatic rings. The molecule has 2 atom stereocenters. The average Bonchev–Trinajstić information content (AvgIpc) is 2.23. The topological polar surface area (TPSA) is 37.0 Å². The van der Waals surface area contributed by atoms with Gasteiger partial charge >= 0.3 is 0 Å². The number of nitrogens with one attached hydrogen (secondary N) is 2. The zero-order valence-corrected chi connectivity index (χ0v) is 8.53. The number of pyridine rings is 1. The minimum Gasteiger partial charge on any atom is -0.380 e.